The molecule has 0 unspecified atom stereocenters. The molecular weight excluding hydrogens is 302 g/mol. The van der Waals surface area contributed by atoms with E-state index in [1.807, 2.05) is 54.3 Å². The van der Waals surface area contributed by atoms with Gasteiger partial charge in [-0.3, -0.25) is 9.59 Å². The van der Waals surface area contributed by atoms with Gasteiger partial charge >= 0.3 is 0 Å². The molecular formula is C19H23N3O2. The second-order valence-corrected chi connectivity index (χ2v) is 6.21. The van der Waals surface area contributed by atoms with Crippen molar-refractivity contribution in [3.8, 4) is 0 Å². The predicted octanol–water partition coefficient (Wildman–Crippen LogP) is 1.78. The fourth-order valence-corrected chi connectivity index (χ4v) is 3.07. The Bertz CT molecular complexity index is 744. The zero-order valence-corrected chi connectivity index (χ0v) is 13.9. The number of carbonyl (C=O) groups excluding carboxylic acids is 2. The van der Waals surface area contributed by atoms with Crippen molar-refractivity contribution in [3.63, 3.8) is 0 Å². The molecule has 0 aliphatic carbocycles. The molecule has 5 heteroatoms. The summed E-state index contributed by atoms with van der Waals surface area (Å²) in [6.45, 7) is 4.80. The highest BCUT2D eigenvalue weighted by Gasteiger charge is 2.22. The van der Waals surface area contributed by atoms with Gasteiger partial charge in [-0.05, 0) is 29.8 Å². The molecule has 3 rings (SSSR count). The van der Waals surface area contributed by atoms with Crippen LogP contribution < -0.4 is 10.6 Å². The molecule has 1 saturated heterocycles. The standard InChI is InChI=1S/C19H23N3O2/c1-14-13-20-10-11-22(14)18(23)8-9-21-19(24)17-7-6-15-4-2-3-5-16(15)12-17/h2-7,12,14,20H,8-11,13H2,1H3,(H,21,24)/t14-/m0/s1. The van der Waals surface area contributed by atoms with E-state index in [2.05, 4.69) is 10.6 Å². The first-order valence-electron chi connectivity index (χ1n) is 8.42. The lowest BCUT2D eigenvalue weighted by molar-refractivity contribution is -0.133. The van der Waals surface area contributed by atoms with E-state index in [-0.39, 0.29) is 17.9 Å². The van der Waals surface area contributed by atoms with Crippen LogP contribution in [0, 0.1) is 0 Å². The Kier molecular flexibility index (Phi) is 5.11. The molecule has 0 bridgehead atoms. The van der Waals surface area contributed by atoms with Crippen LogP contribution in [0.3, 0.4) is 0 Å². The van der Waals surface area contributed by atoms with Gasteiger partial charge in [0.1, 0.15) is 0 Å². The molecule has 2 aromatic rings. The van der Waals surface area contributed by atoms with Gasteiger partial charge in [0.25, 0.3) is 5.91 Å². The maximum atomic E-state index is 12.3. The SMILES string of the molecule is C[C@H]1CNCCN1C(=O)CCNC(=O)c1ccc2ccccc2c1. The van der Waals surface area contributed by atoms with Crippen LogP contribution in [0.4, 0.5) is 0 Å². The van der Waals surface area contributed by atoms with Gasteiger partial charge in [-0.2, -0.15) is 0 Å². The molecule has 24 heavy (non-hydrogen) atoms. The van der Waals surface area contributed by atoms with Crippen LogP contribution in [0.15, 0.2) is 42.5 Å². The minimum atomic E-state index is -0.137. The largest absolute Gasteiger partial charge is 0.352 e. The van der Waals surface area contributed by atoms with E-state index in [0.29, 0.717) is 18.5 Å². The zero-order valence-electron chi connectivity index (χ0n) is 13.9. The van der Waals surface area contributed by atoms with Crippen molar-refractivity contribution in [3.05, 3.63) is 48.0 Å². The number of nitrogens with one attached hydrogen (secondary N) is 2. The molecule has 1 fully saturated rings. The molecule has 0 aromatic heterocycles. The van der Waals surface area contributed by atoms with E-state index >= 15 is 0 Å². The summed E-state index contributed by atoms with van der Waals surface area (Å²) in [5.41, 5.74) is 0.622. The lowest BCUT2D eigenvalue weighted by Crippen LogP contribution is -2.52. The second kappa shape index (κ2) is 7.45. The first-order chi connectivity index (χ1) is 11.6. The number of hydrogen-bond donors (Lipinski definition) is 2. The van der Waals surface area contributed by atoms with Crippen LogP contribution in [0.5, 0.6) is 0 Å². The van der Waals surface area contributed by atoms with Crippen molar-refractivity contribution in [2.45, 2.75) is 19.4 Å². The lowest BCUT2D eigenvalue weighted by atomic mass is 10.1. The first kappa shape index (κ1) is 16.5. The third-order valence-electron chi connectivity index (χ3n) is 4.46. The molecule has 2 amide bonds. The summed E-state index contributed by atoms with van der Waals surface area (Å²) in [5.74, 6) is -0.0373. The summed E-state index contributed by atoms with van der Waals surface area (Å²) in [4.78, 5) is 26.4. The van der Waals surface area contributed by atoms with Crippen LogP contribution in [0.1, 0.15) is 23.7 Å². The Labute approximate surface area is 142 Å². The van der Waals surface area contributed by atoms with Gasteiger partial charge < -0.3 is 15.5 Å². The number of piperazine rings is 1. The van der Waals surface area contributed by atoms with Gasteiger partial charge in [0.15, 0.2) is 0 Å². The third-order valence-corrected chi connectivity index (χ3v) is 4.46. The van der Waals surface area contributed by atoms with Crippen LogP contribution in [0.2, 0.25) is 0 Å². The molecule has 1 heterocycles. The highest BCUT2D eigenvalue weighted by atomic mass is 16.2. The van der Waals surface area contributed by atoms with E-state index < -0.39 is 0 Å². The van der Waals surface area contributed by atoms with E-state index in [1.165, 1.54) is 0 Å². The summed E-state index contributed by atoms with van der Waals surface area (Å²) < 4.78 is 0. The molecule has 1 atom stereocenters. The summed E-state index contributed by atoms with van der Waals surface area (Å²) in [6.07, 6.45) is 0.337. The molecule has 1 aliphatic rings. The second-order valence-electron chi connectivity index (χ2n) is 6.21. The minimum absolute atomic E-state index is 0.0998. The Morgan fingerprint density at radius 3 is 2.79 bits per heavy atom. The van der Waals surface area contributed by atoms with Gasteiger partial charge in [-0.15, -0.1) is 0 Å². The van der Waals surface area contributed by atoms with E-state index in [1.54, 1.807) is 0 Å². The molecule has 5 nitrogen and oxygen atoms in total. The first-order valence-corrected chi connectivity index (χ1v) is 8.42. The van der Waals surface area contributed by atoms with E-state index in [9.17, 15) is 9.59 Å². The quantitative estimate of drug-likeness (QED) is 0.901. The summed E-state index contributed by atoms with van der Waals surface area (Å²) >= 11 is 0. The van der Waals surface area contributed by atoms with Gasteiger partial charge in [-0.1, -0.05) is 30.3 Å². The Morgan fingerprint density at radius 1 is 1.21 bits per heavy atom. The van der Waals surface area contributed by atoms with Crippen molar-refractivity contribution >= 4 is 22.6 Å². The molecule has 2 aromatic carbocycles. The maximum absolute atomic E-state index is 12.3. The number of nitrogens with zero attached hydrogens (tertiary/aromatic N) is 1. The monoisotopic (exact) mass is 325 g/mol. The van der Waals surface area contributed by atoms with Gasteiger partial charge in [0.2, 0.25) is 5.91 Å². The summed E-state index contributed by atoms with van der Waals surface area (Å²) in [7, 11) is 0. The predicted molar refractivity (Wildman–Crippen MR) is 94.9 cm³/mol. The normalized spacial score (nSPS) is 17.7. The Morgan fingerprint density at radius 2 is 2.00 bits per heavy atom. The molecule has 0 saturated carbocycles. The topological polar surface area (TPSA) is 61.4 Å². The lowest BCUT2D eigenvalue weighted by Gasteiger charge is -2.34. The number of carbonyl (C=O) groups is 2. The van der Waals surface area contributed by atoms with Crippen molar-refractivity contribution in [1.29, 1.82) is 0 Å². The number of rotatable bonds is 4. The number of fused-ring (bicyclic) bond motifs is 1. The molecule has 126 valence electrons. The minimum Gasteiger partial charge on any atom is -0.352 e. The van der Waals surface area contributed by atoms with E-state index in [4.69, 9.17) is 0 Å². The van der Waals surface area contributed by atoms with Crippen LogP contribution >= 0.6 is 0 Å². The average Bonchev–Trinajstić information content (AvgIpc) is 2.61. The van der Waals surface area contributed by atoms with Crippen LogP contribution in [-0.2, 0) is 4.79 Å². The number of hydrogen-bond acceptors (Lipinski definition) is 3. The molecule has 1 aliphatic heterocycles. The maximum Gasteiger partial charge on any atom is 0.251 e. The van der Waals surface area contributed by atoms with Crippen molar-refractivity contribution in [2.75, 3.05) is 26.2 Å². The van der Waals surface area contributed by atoms with E-state index in [0.717, 1.165) is 30.4 Å². The van der Waals surface area contributed by atoms with Gasteiger partial charge in [0, 0.05) is 44.2 Å². The highest BCUT2D eigenvalue weighted by molar-refractivity contribution is 5.98. The van der Waals surface area contributed by atoms with Crippen LogP contribution in [-0.4, -0.2) is 48.9 Å². The van der Waals surface area contributed by atoms with Gasteiger partial charge in [-0.25, -0.2) is 0 Å². The number of amides is 2. The summed E-state index contributed by atoms with van der Waals surface area (Å²) in [5, 5.41) is 8.26. The Balaban J connectivity index is 1.53. The third kappa shape index (κ3) is 3.74. The highest BCUT2D eigenvalue weighted by Crippen LogP contribution is 2.15. The summed E-state index contributed by atoms with van der Waals surface area (Å²) in [6, 6.07) is 13.8. The van der Waals surface area contributed by atoms with Crippen molar-refractivity contribution in [2.24, 2.45) is 0 Å². The van der Waals surface area contributed by atoms with Crippen molar-refractivity contribution in [1.82, 2.24) is 15.5 Å². The molecule has 0 radical (unpaired) electrons. The zero-order chi connectivity index (χ0) is 16.9. The Hall–Kier alpha value is -2.40. The number of benzene rings is 2. The van der Waals surface area contributed by atoms with Gasteiger partial charge in [0.05, 0.1) is 0 Å². The molecule has 0 spiro atoms. The average molecular weight is 325 g/mol. The fourth-order valence-electron chi connectivity index (χ4n) is 3.07. The smallest absolute Gasteiger partial charge is 0.251 e. The molecule has 2 N–H and O–H groups in total. The van der Waals surface area contributed by atoms with Crippen molar-refractivity contribution < 1.29 is 9.59 Å². The van der Waals surface area contributed by atoms with Crippen LogP contribution in [0.25, 0.3) is 10.8 Å². The fraction of sp³-hybridized carbons (Fsp3) is 0.368.